The monoisotopic (exact) mass is 285 g/mol. The Balaban J connectivity index is 2.52. The zero-order valence-corrected chi connectivity index (χ0v) is 12.5. The summed E-state index contributed by atoms with van der Waals surface area (Å²) in [5.41, 5.74) is 0.770. The molecule has 1 aromatic rings. The molecular weight excluding hydrogens is 270 g/mol. The number of nitrogens with zero attached hydrogens (tertiary/aromatic N) is 1. The molecule has 1 aromatic carbocycles. The molecule has 0 saturated heterocycles. The van der Waals surface area contributed by atoms with Crippen LogP contribution in [-0.2, 0) is 4.74 Å². The highest BCUT2D eigenvalue weighted by Crippen LogP contribution is 2.38. The van der Waals surface area contributed by atoms with E-state index in [0.29, 0.717) is 23.3 Å². The summed E-state index contributed by atoms with van der Waals surface area (Å²) in [7, 11) is 1.62. The van der Waals surface area contributed by atoms with Gasteiger partial charge in [0, 0.05) is 0 Å². The number of rotatable bonds is 3. The van der Waals surface area contributed by atoms with E-state index in [2.05, 4.69) is 4.99 Å². The fourth-order valence-electron chi connectivity index (χ4n) is 1.82. The Morgan fingerprint density at radius 3 is 2.67 bits per heavy atom. The third kappa shape index (κ3) is 2.45. The van der Waals surface area contributed by atoms with Crippen molar-refractivity contribution in [2.75, 3.05) is 20.0 Å². The van der Waals surface area contributed by atoms with E-state index >= 15 is 0 Å². The van der Waals surface area contributed by atoms with E-state index in [1.165, 1.54) is 0 Å². The van der Waals surface area contributed by atoms with Crippen molar-refractivity contribution in [1.82, 2.24) is 0 Å². The Kier molecular flexibility index (Phi) is 3.78. The minimum absolute atomic E-state index is 0.169. The molecule has 0 unspecified atom stereocenters. The van der Waals surface area contributed by atoms with Gasteiger partial charge >= 0.3 is 0 Å². The van der Waals surface area contributed by atoms with E-state index < -0.39 is 0 Å². The number of aliphatic imine (C=N–C) groups is 1. The molecule has 98 valence electrons. The van der Waals surface area contributed by atoms with Gasteiger partial charge in [-0.1, -0.05) is 11.6 Å². The van der Waals surface area contributed by atoms with Crippen LogP contribution >= 0.6 is 23.4 Å². The van der Waals surface area contributed by atoms with E-state index in [-0.39, 0.29) is 5.54 Å². The third-order valence-corrected chi connectivity index (χ3v) is 3.78. The van der Waals surface area contributed by atoms with Gasteiger partial charge in [0.15, 0.2) is 5.75 Å². The van der Waals surface area contributed by atoms with Gasteiger partial charge in [-0.2, -0.15) is 0 Å². The number of ether oxygens (including phenoxy) is 2. The first-order chi connectivity index (χ1) is 8.48. The first-order valence-corrected chi connectivity index (χ1v) is 7.22. The average Bonchev–Trinajstić information content (AvgIpc) is 2.68. The van der Waals surface area contributed by atoms with Crippen LogP contribution in [0.15, 0.2) is 22.0 Å². The minimum Gasteiger partial charge on any atom is -0.494 e. The maximum absolute atomic E-state index is 6.12. The Hall–Kier alpha value is -0.870. The summed E-state index contributed by atoms with van der Waals surface area (Å²) in [6.45, 7) is 4.69. The van der Waals surface area contributed by atoms with Crippen LogP contribution in [0.4, 0.5) is 0 Å². The SMILES string of the molecule is COc1c(Cl)ccc(C2=NC(C)(C)CO2)c1SC. The molecule has 5 heteroatoms. The molecule has 3 nitrogen and oxygen atoms in total. The summed E-state index contributed by atoms with van der Waals surface area (Å²) in [6, 6.07) is 3.74. The summed E-state index contributed by atoms with van der Waals surface area (Å²) in [5.74, 6) is 1.34. The van der Waals surface area contributed by atoms with Crippen molar-refractivity contribution in [1.29, 1.82) is 0 Å². The number of halogens is 1. The van der Waals surface area contributed by atoms with Crippen molar-refractivity contribution in [3.05, 3.63) is 22.7 Å². The van der Waals surface area contributed by atoms with Gasteiger partial charge in [0.25, 0.3) is 0 Å². The first-order valence-electron chi connectivity index (χ1n) is 5.62. The van der Waals surface area contributed by atoms with Crippen molar-refractivity contribution in [2.24, 2.45) is 4.99 Å². The predicted octanol–water partition coefficient (Wildman–Crippen LogP) is 3.63. The van der Waals surface area contributed by atoms with Crippen molar-refractivity contribution >= 4 is 29.3 Å². The summed E-state index contributed by atoms with van der Waals surface area (Å²) in [4.78, 5) is 5.55. The van der Waals surface area contributed by atoms with Crippen LogP contribution in [0.1, 0.15) is 19.4 Å². The summed E-state index contributed by atoms with van der Waals surface area (Å²) >= 11 is 7.70. The number of hydrogen-bond acceptors (Lipinski definition) is 4. The number of methoxy groups -OCH3 is 1. The molecule has 0 aromatic heterocycles. The van der Waals surface area contributed by atoms with Crippen molar-refractivity contribution in [3.8, 4) is 5.75 Å². The summed E-state index contributed by atoms with van der Waals surface area (Å²) in [5, 5.41) is 0.600. The van der Waals surface area contributed by atoms with E-state index in [9.17, 15) is 0 Å². The maximum Gasteiger partial charge on any atom is 0.218 e. The molecular formula is C13H16ClNO2S. The lowest BCUT2D eigenvalue weighted by molar-refractivity contribution is 0.279. The summed E-state index contributed by atoms with van der Waals surface area (Å²) < 4.78 is 11.0. The highest BCUT2D eigenvalue weighted by atomic mass is 35.5. The van der Waals surface area contributed by atoms with Crippen molar-refractivity contribution < 1.29 is 9.47 Å². The lowest BCUT2D eigenvalue weighted by atomic mass is 10.1. The second-order valence-electron chi connectivity index (χ2n) is 4.68. The largest absolute Gasteiger partial charge is 0.494 e. The van der Waals surface area contributed by atoms with E-state index in [1.54, 1.807) is 18.9 Å². The molecule has 0 spiro atoms. The quantitative estimate of drug-likeness (QED) is 0.795. The van der Waals surface area contributed by atoms with Gasteiger partial charge in [-0.05, 0) is 32.2 Å². The van der Waals surface area contributed by atoms with E-state index in [0.717, 1.165) is 10.5 Å². The molecule has 18 heavy (non-hydrogen) atoms. The Morgan fingerprint density at radius 2 is 2.17 bits per heavy atom. The molecule has 1 heterocycles. The molecule has 0 fully saturated rings. The molecule has 0 N–H and O–H groups in total. The zero-order chi connectivity index (χ0) is 13.3. The van der Waals surface area contributed by atoms with Crippen LogP contribution in [0.3, 0.4) is 0 Å². The minimum atomic E-state index is -0.169. The number of hydrogen-bond donors (Lipinski definition) is 0. The van der Waals surface area contributed by atoms with Crippen LogP contribution in [0.2, 0.25) is 5.02 Å². The number of thioether (sulfide) groups is 1. The van der Waals surface area contributed by atoms with Gasteiger partial charge < -0.3 is 9.47 Å². The van der Waals surface area contributed by atoms with Gasteiger partial charge in [-0.25, -0.2) is 4.99 Å². The Bertz CT molecular complexity index is 500. The highest BCUT2D eigenvalue weighted by molar-refractivity contribution is 7.98. The molecule has 1 aliphatic heterocycles. The smallest absolute Gasteiger partial charge is 0.218 e. The molecule has 0 aliphatic carbocycles. The average molecular weight is 286 g/mol. The fraction of sp³-hybridized carbons (Fsp3) is 0.462. The van der Waals surface area contributed by atoms with Gasteiger partial charge in [0.1, 0.15) is 6.61 Å². The Morgan fingerprint density at radius 1 is 1.44 bits per heavy atom. The zero-order valence-electron chi connectivity index (χ0n) is 10.9. The predicted molar refractivity (Wildman–Crippen MR) is 76.4 cm³/mol. The van der Waals surface area contributed by atoms with Gasteiger partial charge in [-0.15, -0.1) is 11.8 Å². The normalized spacial score (nSPS) is 17.3. The topological polar surface area (TPSA) is 30.8 Å². The lowest BCUT2D eigenvalue weighted by Gasteiger charge is -2.13. The molecule has 0 bridgehead atoms. The van der Waals surface area contributed by atoms with Crippen LogP contribution in [0.5, 0.6) is 5.75 Å². The van der Waals surface area contributed by atoms with Gasteiger partial charge in [0.05, 0.1) is 28.1 Å². The van der Waals surface area contributed by atoms with E-state index in [4.69, 9.17) is 21.1 Å². The van der Waals surface area contributed by atoms with Crippen molar-refractivity contribution in [3.63, 3.8) is 0 Å². The second-order valence-corrected chi connectivity index (χ2v) is 5.90. The Labute approximate surface area is 117 Å². The lowest BCUT2D eigenvalue weighted by Crippen LogP contribution is -2.17. The summed E-state index contributed by atoms with van der Waals surface area (Å²) in [6.07, 6.45) is 1.98. The van der Waals surface area contributed by atoms with Gasteiger partial charge in [0.2, 0.25) is 5.90 Å². The second kappa shape index (κ2) is 5.02. The molecule has 2 rings (SSSR count). The molecule has 0 radical (unpaired) electrons. The van der Waals surface area contributed by atoms with Gasteiger partial charge in [-0.3, -0.25) is 0 Å². The fourth-order valence-corrected chi connectivity index (χ4v) is 2.87. The molecule has 0 saturated carbocycles. The van der Waals surface area contributed by atoms with E-state index in [1.807, 2.05) is 32.2 Å². The maximum atomic E-state index is 6.12. The van der Waals surface area contributed by atoms with Crippen LogP contribution in [-0.4, -0.2) is 31.4 Å². The molecule has 0 amide bonds. The third-order valence-electron chi connectivity index (χ3n) is 2.67. The number of benzene rings is 1. The highest BCUT2D eigenvalue weighted by Gasteiger charge is 2.29. The first kappa shape index (κ1) is 13.6. The molecule has 0 atom stereocenters. The standard InChI is InChI=1S/C13H16ClNO2S/c1-13(2)7-17-12(15-13)8-5-6-9(14)10(16-3)11(8)18-4/h5-6H,7H2,1-4H3. The van der Waals surface area contributed by atoms with Crippen LogP contribution in [0.25, 0.3) is 0 Å². The molecule has 1 aliphatic rings. The van der Waals surface area contributed by atoms with Crippen LogP contribution in [0, 0.1) is 0 Å². The van der Waals surface area contributed by atoms with Crippen LogP contribution < -0.4 is 4.74 Å². The van der Waals surface area contributed by atoms with Crippen molar-refractivity contribution in [2.45, 2.75) is 24.3 Å².